The third-order valence-electron chi connectivity index (χ3n) is 13.3. The summed E-state index contributed by atoms with van der Waals surface area (Å²) in [5, 5.41) is 7.44. The zero-order valence-corrected chi connectivity index (χ0v) is 35.2. The fourth-order valence-corrected chi connectivity index (χ4v) is 10.3. The molecule has 0 radical (unpaired) electrons. The highest BCUT2D eigenvalue weighted by Gasteiger charge is 2.37. The lowest BCUT2D eigenvalue weighted by Crippen LogP contribution is -2.15. The molecule has 0 aliphatic heterocycles. The minimum absolute atomic E-state index is 0.129. The van der Waals surface area contributed by atoms with Crippen LogP contribution in [0.4, 0.5) is 0 Å². The predicted octanol–water partition coefficient (Wildman–Crippen LogP) is 16.2. The second kappa shape index (κ2) is 14.6. The van der Waals surface area contributed by atoms with E-state index in [1.165, 1.54) is 71.4 Å². The average molecular weight is 803 g/mol. The van der Waals surface area contributed by atoms with Gasteiger partial charge in [-0.1, -0.05) is 220 Å². The number of hydrogen-bond donors (Lipinski definition) is 0. The van der Waals surface area contributed by atoms with E-state index in [2.05, 4.69) is 226 Å². The molecule has 1 heterocycles. The minimum atomic E-state index is -0.129. The Bertz CT molecular complexity index is 3580. The first kappa shape index (κ1) is 36.9. The molecule has 0 atom stereocenters. The second-order valence-electron chi connectivity index (χ2n) is 17.2. The van der Waals surface area contributed by atoms with Crippen LogP contribution in [0.5, 0.6) is 0 Å². The van der Waals surface area contributed by atoms with E-state index >= 15 is 0 Å². The summed E-state index contributed by atoms with van der Waals surface area (Å²) in [5.74, 6) is 0.702. The van der Waals surface area contributed by atoms with Crippen molar-refractivity contribution in [3.8, 4) is 78.4 Å². The maximum absolute atomic E-state index is 5.30. The van der Waals surface area contributed by atoms with Gasteiger partial charge in [-0.25, -0.2) is 9.97 Å². The Hall–Kier alpha value is -7.94. The highest BCUT2D eigenvalue weighted by atomic mass is 14.9. The summed E-state index contributed by atoms with van der Waals surface area (Å²) >= 11 is 0. The van der Waals surface area contributed by atoms with Gasteiger partial charge in [-0.15, -0.1) is 0 Å². The quantitative estimate of drug-likeness (QED) is 0.167. The van der Waals surface area contributed by atoms with Gasteiger partial charge in [0.2, 0.25) is 0 Å². The van der Waals surface area contributed by atoms with Gasteiger partial charge < -0.3 is 0 Å². The molecule has 0 N–H and O–H groups in total. The molecule has 0 spiro atoms. The Morgan fingerprint density at radius 3 is 1.46 bits per heavy atom. The Kier molecular flexibility index (Phi) is 8.55. The lowest BCUT2D eigenvalue weighted by atomic mass is 9.79. The van der Waals surface area contributed by atoms with E-state index in [4.69, 9.17) is 9.97 Å². The van der Waals surface area contributed by atoms with Gasteiger partial charge in [-0.3, -0.25) is 0 Å². The first-order chi connectivity index (χ1) is 31.0. The molecule has 12 rings (SSSR count). The van der Waals surface area contributed by atoms with Crippen molar-refractivity contribution in [2.45, 2.75) is 19.3 Å². The highest BCUT2D eigenvalue weighted by Crippen LogP contribution is 2.53. The lowest BCUT2D eigenvalue weighted by molar-refractivity contribution is 0.666. The fraction of sp³-hybridized carbons (Fsp3) is 0.0492. The second-order valence-corrected chi connectivity index (χ2v) is 17.2. The van der Waals surface area contributed by atoms with Crippen molar-refractivity contribution in [2.24, 2.45) is 0 Å². The van der Waals surface area contributed by atoms with E-state index in [9.17, 15) is 0 Å². The zero-order valence-electron chi connectivity index (χ0n) is 35.2. The van der Waals surface area contributed by atoms with E-state index in [0.29, 0.717) is 5.82 Å². The Balaban J connectivity index is 0.994. The van der Waals surface area contributed by atoms with E-state index in [0.717, 1.165) is 44.6 Å². The molecule has 0 amide bonds. The highest BCUT2D eigenvalue weighted by molar-refractivity contribution is 6.12. The van der Waals surface area contributed by atoms with Crippen LogP contribution in [-0.4, -0.2) is 9.97 Å². The molecule has 1 aliphatic rings. The summed E-state index contributed by atoms with van der Waals surface area (Å²) in [5.41, 5.74) is 17.5. The number of rotatable bonds is 6. The van der Waals surface area contributed by atoms with Crippen molar-refractivity contribution in [1.82, 2.24) is 9.97 Å². The molecule has 1 aromatic heterocycles. The monoisotopic (exact) mass is 802 g/mol. The van der Waals surface area contributed by atoms with Crippen LogP contribution in [0, 0.1) is 0 Å². The Morgan fingerprint density at radius 1 is 0.302 bits per heavy atom. The van der Waals surface area contributed by atoms with Crippen LogP contribution >= 0.6 is 0 Å². The molecule has 2 nitrogen and oxygen atoms in total. The van der Waals surface area contributed by atoms with Gasteiger partial charge in [0.05, 0.1) is 11.4 Å². The summed E-state index contributed by atoms with van der Waals surface area (Å²) in [6, 6.07) is 79.0. The molecule has 0 saturated heterocycles. The van der Waals surface area contributed by atoms with E-state index in [1.807, 2.05) is 6.07 Å². The van der Waals surface area contributed by atoms with Crippen molar-refractivity contribution < 1.29 is 0 Å². The predicted molar refractivity (Wildman–Crippen MR) is 265 cm³/mol. The summed E-state index contributed by atoms with van der Waals surface area (Å²) in [7, 11) is 0. The largest absolute Gasteiger partial charge is 0.228 e. The number of aromatic nitrogens is 2. The van der Waals surface area contributed by atoms with Gasteiger partial charge >= 0.3 is 0 Å². The molecule has 0 bridgehead atoms. The van der Waals surface area contributed by atoms with Crippen molar-refractivity contribution in [1.29, 1.82) is 0 Å². The van der Waals surface area contributed by atoms with E-state index in [1.54, 1.807) is 0 Å². The topological polar surface area (TPSA) is 25.8 Å². The van der Waals surface area contributed by atoms with Crippen LogP contribution in [0.15, 0.2) is 218 Å². The maximum Gasteiger partial charge on any atom is 0.160 e. The molecule has 0 saturated carbocycles. The smallest absolute Gasteiger partial charge is 0.160 e. The first-order valence-corrected chi connectivity index (χ1v) is 21.8. The Labute approximate surface area is 367 Å². The molecule has 2 heteroatoms. The average Bonchev–Trinajstić information content (AvgIpc) is 3.59. The van der Waals surface area contributed by atoms with Gasteiger partial charge in [0.1, 0.15) is 0 Å². The standard InChI is InChI=1S/C61H42N2/c1-61(2)56-37-42(30-31-52(56)55-32-29-40-19-9-10-23-45(40)59(55)61)44-33-34-50(47-25-13-12-24-46(44)47)51-35-36-54(49-27-15-14-26-48(49)51)58-38-57(62-60(63-58)41-20-7-4-8-21-41)53-28-16-11-22-43(53)39-17-5-3-6-18-39/h3-38H,1-2H3. The maximum atomic E-state index is 5.30. The Morgan fingerprint density at radius 2 is 0.778 bits per heavy atom. The summed E-state index contributed by atoms with van der Waals surface area (Å²) in [6.45, 7) is 4.77. The minimum Gasteiger partial charge on any atom is -0.228 e. The first-order valence-electron chi connectivity index (χ1n) is 21.8. The summed E-state index contributed by atoms with van der Waals surface area (Å²) in [6.07, 6.45) is 0. The summed E-state index contributed by atoms with van der Waals surface area (Å²) < 4.78 is 0. The van der Waals surface area contributed by atoms with Crippen LogP contribution in [0.25, 0.3) is 111 Å². The molecule has 63 heavy (non-hydrogen) atoms. The van der Waals surface area contributed by atoms with Crippen molar-refractivity contribution in [3.05, 3.63) is 230 Å². The molecule has 10 aromatic carbocycles. The van der Waals surface area contributed by atoms with E-state index < -0.39 is 0 Å². The third-order valence-corrected chi connectivity index (χ3v) is 13.3. The number of nitrogens with zero attached hydrogens (tertiary/aromatic N) is 2. The van der Waals surface area contributed by atoms with Gasteiger partial charge in [0.15, 0.2) is 5.82 Å². The molecular formula is C61H42N2. The van der Waals surface area contributed by atoms with Gasteiger partial charge in [-0.2, -0.15) is 0 Å². The third kappa shape index (κ3) is 6.02. The van der Waals surface area contributed by atoms with Crippen molar-refractivity contribution in [2.75, 3.05) is 0 Å². The molecular weight excluding hydrogens is 761 g/mol. The number of fused-ring (bicyclic) bond motifs is 7. The van der Waals surface area contributed by atoms with Crippen LogP contribution in [-0.2, 0) is 5.41 Å². The van der Waals surface area contributed by atoms with Crippen LogP contribution in [0.2, 0.25) is 0 Å². The zero-order chi connectivity index (χ0) is 42.1. The molecule has 11 aromatic rings. The molecule has 296 valence electrons. The van der Waals surface area contributed by atoms with Gasteiger partial charge in [-0.05, 0) is 100 Å². The van der Waals surface area contributed by atoms with Crippen molar-refractivity contribution >= 4 is 32.3 Å². The number of benzene rings is 10. The van der Waals surface area contributed by atoms with Crippen LogP contribution in [0.1, 0.15) is 25.0 Å². The summed E-state index contributed by atoms with van der Waals surface area (Å²) in [4.78, 5) is 10.5. The lowest BCUT2D eigenvalue weighted by Gasteiger charge is -2.24. The molecule has 0 fully saturated rings. The van der Waals surface area contributed by atoms with Gasteiger partial charge in [0.25, 0.3) is 0 Å². The number of hydrogen-bond acceptors (Lipinski definition) is 2. The molecule has 1 aliphatic carbocycles. The molecule has 0 unspecified atom stereocenters. The SMILES string of the molecule is CC1(C)c2cc(-c3ccc(-c4ccc(-c5cc(-c6ccccc6-c6ccccc6)nc(-c6ccccc6)n5)c5ccccc45)c4ccccc34)ccc2-c2ccc3ccccc3c21. The normalized spacial score (nSPS) is 12.7. The fourth-order valence-electron chi connectivity index (χ4n) is 10.3. The van der Waals surface area contributed by atoms with Crippen LogP contribution < -0.4 is 0 Å². The van der Waals surface area contributed by atoms with E-state index in [-0.39, 0.29) is 5.41 Å². The van der Waals surface area contributed by atoms with Crippen molar-refractivity contribution in [3.63, 3.8) is 0 Å². The van der Waals surface area contributed by atoms with Gasteiger partial charge in [0, 0.05) is 22.1 Å². The van der Waals surface area contributed by atoms with Crippen LogP contribution in [0.3, 0.4) is 0 Å².